The fourth-order valence-electron chi connectivity index (χ4n) is 4.90. The number of hydrogen-bond acceptors (Lipinski definition) is 5. The van der Waals surface area contributed by atoms with Crippen LogP contribution in [0.15, 0.2) is 46.9 Å². The molecule has 1 amide bonds. The molecule has 174 valence electrons. The Balaban J connectivity index is 1.52. The number of fused-ring (bicyclic) bond motifs is 3. The molecular weight excluding hydrogens is 508 g/mol. The Morgan fingerprint density at radius 1 is 1.15 bits per heavy atom. The summed E-state index contributed by atoms with van der Waals surface area (Å²) in [6.07, 6.45) is 2.66. The van der Waals surface area contributed by atoms with Crippen LogP contribution in [0.5, 0.6) is 0 Å². The summed E-state index contributed by atoms with van der Waals surface area (Å²) >= 11 is 3.50. The van der Waals surface area contributed by atoms with Gasteiger partial charge in [0.15, 0.2) is 0 Å². The van der Waals surface area contributed by atoms with Crippen LogP contribution in [-0.4, -0.2) is 59.2 Å². The van der Waals surface area contributed by atoms with E-state index in [4.69, 9.17) is 4.98 Å². The van der Waals surface area contributed by atoms with Crippen molar-refractivity contribution in [2.24, 2.45) is 0 Å². The molecule has 3 aromatic rings. The van der Waals surface area contributed by atoms with E-state index in [0.717, 1.165) is 39.0 Å². The van der Waals surface area contributed by atoms with Crippen molar-refractivity contribution in [2.75, 3.05) is 30.9 Å². The van der Waals surface area contributed by atoms with Crippen molar-refractivity contribution >= 4 is 48.6 Å². The maximum atomic E-state index is 13.7. The summed E-state index contributed by atoms with van der Waals surface area (Å²) in [7, 11) is -3.35. The van der Waals surface area contributed by atoms with Crippen LogP contribution in [0.4, 0.5) is 5.69 Å². The van der Waals surface area contributed by atoms with Crippen LogP contribution in [-0.2, 0) is 33.3 Å². The van der Waals surface area contributed by atoms with Crippen molar-refractivity contribution < 1.29 is 18.3 Å². The smallest absolute Gasteiger partial charge is 0.240 e. The average molecular weight is 533 g/mol. The molecule has 1 fully saturated rings. The topological polar surface area (TPSA) is 95.7 Å². The number of rotatable bonds is 7. The van der Waals surface area contributed by atoms with Gasteiger partial charge in [0.2, 0.25) is 15.9 Å². The Morgan fingerprint density at radius 2 is 1.91 bits per heavy atom. The number of halogens is 1. The zero-order valence-corrected chi connectivity index (χ0v) is 20.6. The minimum atomic E-state index is -3.35. The third-order valence-electron chi connectivity index (χ3n) is 6.61. The molecule has 2 aliphatic heterocycles. The predicted molar refractivity (Wildman–Crippen MR) is 129 cm³/mol. The van der Waals surface area contributed by atoms with Gasteiger partial charge in [0.25, 0.3) is 0 Å². The first-order chi connectivity index (χ1) is 15.7. The number of sulfonamides is 1. The van der Waals surface area contributed by atoms with Crippen LogP contribution >= 0.6 is 15.9 Å². The quantitative estimate of drug-likeness (QED) is 0.472. The van der Waals surface area contributed by atoms with Gasteiger partial charge in [0.05, 0.1) is 23.8 Å². The van der Waals surface area contributed by atoms with Gasteiger partial charge < -0.3 is 14.6 Å². The van der Waals surface area contributed by atoms with Gasteiger partial charge in [-0.25, -0.2) is 13.4 Å². The minimum absolute atomic E-state index is 0.0845. The summed E-state index contributed by atoms with van der Waals surface area (Å²) in [5.41, 5.74) is 2.67. The number of carbonyl (C=O) groups excluding carboxylic acids is 1. The highest BCUT2D eigenvalue weighted by Crippen LogP contribution is 2.48. The largest absolute Gasteiger partial charge is 0.396 e. The summed E-state index contributed by atoms with van der Waals surface area (Å²) in [6, 6.07) is 13.6. The number of imidazole rings is 1. The lowest BCUT2D eigenvalue weighted by Gasteiger charge is -2.45. The highest BCUT2D eigenvalue weighted by molar-refractivity contribution is 9.10. The van der Waals surface area contributed by atoms with E-state index in [-0.39, 0.29) is 25.6 Å². The molecule has 3 heterocycles. The van der Waals surface area contributed by atoms with Crippen molar-refractivity contribution in [3.05, 3.63) is 58.3 Å². The van der Waals surface area contributed by atoms with Gasteiger partial charge in [-0.1, -0.05) is 34.1 Å². The average Bonchev–Trinajstić information content (AvgIpc) is 3.19. The van der Waals surface area contributed by atoms with Crippen LogP contribution in [0.25, 0.3) is 11.0 Å². The molecule has 1 spiro atoms. The van der Waals surface area contributed by atoms with Crippen LogP contribution in [0, 0.1) is 0 Å². The molecule has 0 atom stereocenters. The summed E-state index contributed by atoms with van der Waals surface area (Å²) in [5.74, 6) is 0.680. The number of unbranched alkanes of at least 4 members (excludes halogenated alkanes) is 1. The van der Waals surface area contributed by atoms with Crippen molar-refractivity contribution in [2.45, 2.75) is 31.3 Å². The van der Waals surface area contributed by atoms with Gasteiger partial charge in [0, 0.05) is 36.4 Å². The number of hydrogen-bond donors (Lipinski definition) is 1. The first-order valence-corrected chi connectivity index (χ1v) is 13.5. The molecule has 10 heteroatoms. The van der Waals surface area contributed by atoms with E-state index < -0.39 is 15.4 Å². The van der Waals surface area contributed by atoms with Gasteiger partial charge >= 0.3 is 0 Å². The first-order valence-electron chi connectivity index (χ1n) is 10.9. The van der Waals surface area contributed by atoms with Crippen LogP contribution < -0.4 is 4.90 Å². The van der Waals surface area contributed by atoms with E-state index in [0.29, 0.717) is 19.5 Å². The van der Waals surface area contributed by atoms with E-state index >= 15 is 0 Å². The molecule has 0 bridgehead atoms. The van der Waals surface area contributed by atoms with Gasteiger partial charge in [0.1, 0.15) is 11.2 Å². The van der Waals surface area contributed by atoms with Crippen LogP contribution in [0.1, 0.15) is 24.2 Å². The fraction of sp³-hybridized carbons (Fsp3) is 0.391. The number of benzene rings is 2. The molecule has 8 nitrogen and oxygen atoms in total. The summed E-state index contributed by atoms with van der Waals surface area (Å²) < 4.78 is 28.4. The molecule has 0 saturated carbocycles. The maximum absolute atomic E-state index is 13.7. The second-order valence-corrected chi connectivity index (χ2v) is 11.7. The normalized spacial score (nSPS) is 17.7. The summed E-state index contributed by atoms with van der Waals surface area (Å²) in [6.45, 7) is 1.44. The number of aromatic nitrogens is 2. The lowest BCUT2D eigenvalue weighted by atomic mass is 9.76. The van der Waals surface area contributed by atoms with Crippen LogP contribution in [0.3, 0.4) is 0 Å². The highest BCUT2D eigenvalue weighted by atomic mass is 79.9. The van der Waals surface area contributed by atoms with E-state index in [1.54, 1.807) is 4.90 Å². The predicted octanol–water partition coefficient (Wildman–Crippen LogP) is 2.63. The Hall–Kier alpha value is -2.27. The van der Waals surface area contributed by atoms with Crippen molar-refractivity contribution in [3.63, 3.8) is 0 Å². The maximum Gasteiger partial charge on any atom is 0.240 e. The standard InChI is InChI=1S/C23H25BrN4O4S/c1-33(31,32)26-14-23(15-26)17-6-2-3-7-19(17)28(22(23)30)13-21-25-18-12-16(24)8-9-20(18)27(21)10-4-5-11-29/h2-3,6-9,12,29H,4-5,10-11,13-15H2,1H3. The molecule has 0 aliphatic carbocycles. The van der Waals surface area contributed by atoms with E-state index in [1.807, 2.05) is 42.5 Å². The minimum Gasteiger partial charge on any atom is -0.396 e. The molecule has 1 saturated heterocycles. The third kappa shape index (κ3) is 3.69. The second-order valence-electron chi connectivity index (χ2n) is 8.77. The second kappa shape index (κ2) is 8.19. The number of aryl methyl sites for hydroxylation is 1. The zero-order valence-electron chi connectivity index (χ0n) is 18.2. The van der Waals surface area contributed by atoms with Gasteiger partial charge in [-0.3, -0.25) is 4.79 Å². The summed E-state index contributed by atoms with van der Waals surface area (Å²) in [4.78, 5) is 20.3. The third-order valence-corrected chi connectivity index (χ3v) is 8.29. The number of para-hydroxylation sites is 1. The number of carbonyl (C=O) groups is 1. The molecule has 5 rings (SSSR count). The lowest BCUT2D eigenvalue weighted by molar-refractivity contribution is -0.127. The SMILES string of the molecule is CS(=O)(=O)N1CC2(C1)C(=O)N(Cc1nc3cc(Br)ccc3n1CCCCO)c1ccccc12. The first kappa shape index (κ1) is 22.5. The Labute approximate surface area is 201 Å². The molecule has 2 aliphatic rings. The Kier molecular flexibility index (Phi) is 5.59. The molecule has 33 heavy (non-hydrogen) atoms. The van der Waals surface area contributed by atoms with Gasteiger partial charge in [-0.2, -0.15) is 4.31 Å². The number of amides is 1. The van der Waals surface area contributed by atoms with E-state index in [9.17, 15) is 18.3 Å². The monoisotopic (exact) mass is 532 g/mol. The molecule has 0 unspecified atom stereocenters. The van der Waals surface area contributed by atoms with Gasteiger partial charge in [-0.05, 0) is 42.7 Å². The van der Waals surface area contributed by atoms with Crippen molar-refractivity contribution in [1.29, 1.82) is 0 Å². The van der Waals surface area contributed by atoms with Gasteiger partial charge in [-0.15, -0.1) is 0 Å². The van der Waals surface area contributed by atoms with Crippen molar-refractivity contribution in [1.82, 2.24) is 13.9 Å². The zero-order chi connectivity index (χ0) is 23.4. The molecule has 1 aromatic heterocycles. The molecule has 0 radical (unpaired) electrons. The number of aliphatic hydroxyl groups is 1. The van der Waals surface area contributed by atoms with Crippen LogP contribution in [0.2, 0.25) is 0 Å². The number of anilines is 1. The Bertz CT molecular complexity index is 1350. The highest BCUT2D eigenvalue weighted by Gasteiger charge is 2.60. The van der Waals surface area contributed by atoms with E-state index in [1.165, 1.54) is 10.6 Å². The lowest BCUT2D eigenvalue weighted by Crippen LogP contribution is -2.64. The molecular formula is C23H25BrN4O4S. The van der Waals surface area contributed by atoms with E-state index in [2.05, 4.69) is 20.5 Å². The summed E-state index contributed by atoms with van der Waals surface area (Å²) in [5, 5.41) is 9.23. The van der Waals surface area contributed by atoms with Crippen molar-refractivity contribution in [3.8, 4) is 0 Å². The molecule has 1 N–H and O–H groups in total. The number of nitrogens with zero attached hydrogens (tertiary/aromatic N) is 4. The Morgan fingerprint density at radius 3 is 2.64 bits per heavy atom. The fourth-order valence-corrected chi connectivity index (χ4v) is 6.15. The molecule has 2 aromatic carbocycles. The number of aliphatic hydroxyl groups excluding tert-OH is 1.